The fraction of sp³-hybridized carbons (Fsp3) is 0. The summed E-state index contributed by atoms with van der Waals surface area (Å²) in [5.74, 6) is -3.04. The molecule has 1 aliphatic carbocycles. The summed E-state index contributed by atoms with van der Waals surface area (Å²) >= 11 is 0. The van der Waals surface area contributed by atoms with Crippen LogP contribution in [0, 0.1) is 17.5 Å². The van der Waals surface area contributed by atoms with Crippen LogP contribution in [0.4, 0.5) is 18.9 Å². The third kappa shape index (κ3) is 1.27. The molecule has 2 nitrogen and oxygen atoms in total. The molecule has 0 amide bonds. The Balaban J connectivity index is 2.44. The number of halogens is 3. The van der Waals surface area contributed by atoms with Crippen molar-refractivity contribution in [3.05, 3.63) is 52.8 Å². The van der Waals surface area contributed by atoms with Crippen molar-refractivity contribution in [1.29, 1.82) is 0 Å². The molecule has 0 heterocycles. The third-order valence-electron chi connectivity index (χ3n) is 2.93. The molecular weight excluding hydrogens is 243 g/mol. The Kier molecular flexibility index (Phi) is 2.02. The van der Waals surface area contributed by atoms with E-state index in [2.05, 4.69) is 0 Å². The number of nitrogens with two attached hydrogens (primary N) is 1. The van der Waals surface area contributed by atoms with Gasteiger partial charge in [0, 0.05) is 34.0 Å². The van der Waals surface area contributed by atoms with Gasteiger partial charge in [-0.1, -0.05) is 0 Å². The minimum absolute atomic E-state index is 0.0352. The Bertz CT molecular complexity index is 650. The van der Waals surface area contributed by atoms with E-state index in [1.165, 1.54) is 0 Å². The molecule has 0 fully saturated rings. The lowest BCUT2D eigenvalue weighted by Gasteiger charge is -2.05. The Morgan fingerprint density at radius 1 is 0.833 bits per heavy atom. The summed E-state index contributed by atoms with van der Waals surface area (Å²) in [6, 6.07) is 3.58. The number of hydrogen-bond donors (Lipinski definition) is 1. The summed E-state index contributed by atoms with van der Waals surface area (Å²) in [5.41, 5.74) is 5.48. The van der Waals surface area contributed by atoms with Crippen LogP contribution in [-0.2, 0) is 0 Å². The molecule has 0 bridgehead atoms. The van der Waals surface area contributed by atoms with Crippen molar-refractivity contribution in [2.24, 2.45) is 0 Å². The van der Waals surface area contributed by atoms with Crippen LogP contribution in [0.1, 0.15) is 15.9 Å². The standard InChI is InChI=1S/C13H6F3NO/c14-5-1-7-11(9(16)3-5)12-8(13(7)18)2-6(15)4-10(12)17/h1-4H,17H2. The van der Waals surface area contributed by atoms with Gasteiger partial charge in [0.2, 0.25) is 0 Å². The first-order valence-corrected chi connectivity index (χ1v) is 5.12. The van der Waals surface area contributed by atoms with Crippen LogP contribution in [0.15, 0.2) is 24.3 Å². The molecule has 1 aliphatic rings. The summed E-state index contributed by atoms with van der Waals surface area (Å²) in [4.78, 5) is 11.9. The number of ketones is 1. The van der Waals surface area contributed by atoms with Gasteiger partial charge in [0.05, 0.1) is 0 Å². The lowest BCUT2D eigenvalue weighted by atomic mass is 10.0. The smallest absolute Gasteiger partial charge is 0.194 e. The molecule has 0 unspecified atom stereocenters. The third-order valence-corrected chi connectivity index (χ3v) is 2.93. The summed E-state index contributed by atoms with van der Waals surface area (Å²) in [6.45, 7) is 0. The molecular formula is C13H6F3NO. The van der Waals surface area contributed by atoms with Crippen LogP contribution in [0.2, 0.25) is 0 Å². The van der Waals surface area contributed by atoms with Crippen molar-refractivity contribution in [2.45, 2.75) is 0 Å². The van der Waals surface area contributed by atoms with Gasteiger partial charge < -0.3 is 5.73 Å². The molecule has 0 aromatic heterocycles. The molecule has 0 spiro atoms. The van der Waals surface area contributed by atoms with Crippen LogP contribution >= 0.6 is 0 Å². The normalized spacial score (nSPS) is 12.5. The Morgan fingerprint density at radius 2 is 1.39 bits per heavy atom. The molecule has 0 atom stereocenters. The predicted molar refractivity (Wildman–Crippen MR) is 59.6 cm³/mol. The number of nitrogen functional groups attached to an aromatic ring is 1. The summed E-state index contributed by atoms with van der Waals surface area (Å²) in [5, 5.41) is 0. The molecule has 2 aromatic rings. The van der Waals surface area contributed by atoms with Crippen molar-refractivity contribution < 1.29 is 18.0 Å². The van der Waals surface area contributed by atoms with E-state index in [9.17, 15) is 18.0 Å². The average Bonchev–Trinajstić information content (AvgIpc) is 2.54. The quantitative estimate of drug-likeness (QED) is 0.622. The van der Waals surface area contributed by atoms with Crippen molar-refractivity contribution in [2.75, 3.05) is 5.73 Å². The minimum atomic E-state index is -0.879. The maximum Gasteiger partial charge on any atom is 0.194 e. The maximum atomic E-state index is 13.7. The highest BCUT2D eigenvalue weighted by molar-refractivity contribution is 6.23. The van der Waals surface area contributed by atoms with Gasteiger partial charge in [0.25, 0.3) is 0 Å². The van der Waals surface area contributed by atoms with Crippen LogP contribution in [0.5, 0.6) is 0 Å². The lowest BCUT2D eigenvalue weighted by molar-refractivity contribution is 0.104. The fourth-order valence-electron chi connectivity index (χ4n) is 2.24. The summed E-state index contributed by atoms with van der Waals surface area (Å²) < 4.78 is 40.0. The number of hydrogen-bond acceptors (Lipinski definition) is 2. The molecule has 0 radical (unpaired) electrons. The van der Waals surface area contributed by atoms with Crippen molar-refractivity contribution in [1.82, 2.24) is 0 Å². The van der Waals surface area contributed by atoms with E-state index in [-0.39, 0.29) is 27.9 Å². The molecule has 90 valence electrons. The minimum Gasteiger partial charge on any atom is -0.398 e. The SMILES string of the molecule is Nc1cc(F)cc2c1-c1c(F)cc(F)cc1C2=O. The second-order valence-corrected chi connectivity index (χ2v) is 4.06. The molecule has 2 N–H and O–H groups in total. The Morgan fingerprint density at radius 3 is 2.06 bits per heavy atom. The van der Waals surface area contributed by atoms with E-state index in [4.69, 9.17) is 5.73 Å². The van der Waals surface area contributed by atoms with Crippen LogP contribution in [-0.4, -0.2) is 5.78 Å². The zero-order valence-electron chi connectivity index (χ0n) is 8.93. The maximum absolute atomic E-state index is 13.7. The van der Waals surface area contributed by atoms with E-state index in [1.54, 1.807) is 0 Å². The lowest BCUT2D eigenvalue weighted by Crippen LogP contribution is -1.98. The van der Waals surface area contributed by atoms with Gasteiger partial charge in [0.15, 0.2) is 5.78 Å². The molecule has 5 heteroatoms. The van der Waals surface area contributed by atoms with Crippen molar-refractivity contribution >= 4 is 11.5 Å². The number of carbonyl (C=O) groups excluding carboxylic acids is 1. The van der Waals surface area contributed by atoms with Gasteiger partial charge in [-0.2, -0.15) is 0 Å². The second kappa shape index (κ2) is 3.35. The van der Waals surface area contributed by atoms with Gasteiger partial charge >= 0.3 is 0 Å². The molecule has 3 rings (SSSR count). The molecule has 18 heavy (non-hydrogen) atoms. The predicted octanol–water partition coefficient (Wildman–Crippen LogP) is 2.90. The van der Waals surface area contributed by atoms with Crippen LogP contribution in [0.3, 0.4) is 0 Å². The van der Waals surface area contributed by atoms with Crippen LogP contribution in [0.25, 0.3) is 11.1 Å². The van der Waals surface area contributed by atoms with E-state index < -0.39 is 23.2 Å². The topological polar surface area (TPSA) is 43.1 Å². The second-order valence-electron chi connectivity index (χ2n) is 4.06. The number of anilines is 1. The van der Waals surface area contributed by atoms with Crippen molar-refractivity contribution in [3.8, 4) is 11.1 Å². The van der Waals surface area contributed by atoms with Gasteiger partial charge in [-0.3, -0.25) is 4.79 Å². The van der Waals surface area contributed by atoms with Gasteiger partial charge in [0.1, 0.15) is 17.5 Å². The zero-order chi connectivity index (χ0) is 13.0. The first-order valence-electron chi connectivity index (χ1n) is 5.12. The summed E-state index contributed by atoms with van der Waals surface area (Å²) in [6.07, 6.45) is 0. The Hall–Kier alpha value is -2.30. The summed E-state index contributed by atoms with van der Waals surface area (Å²) in [7, 11) is 0. The van der Waals surface area contributed by atoms with Gasteiger partial charge in [-0.05, 0) is 18.2 Å². The highest BCUT2D eigenvalue weighted by Gasteiger charge is 2.32. The zero-order valence-corrected chi connectivity index (χ0v) is 8.93. The number of benzene rings is 2. The number of carbonyl (C=O) groups is 1. The van der Waals surface area contributed by atoms with E-state index >= 15 is 0 Å². The number of fused-ring (bicyclic) bond motifs is 3. The highest BCUT2D eigenvalue weighted by Crippen LogP contribution is 2.42. The molecule has 0 saturated heterocycles. The van der Waals surface area contributed by atoms with E-state index in [0.29, 0.717) is 6.07 Å². The van der Waals surface area contributed by atoms with E-state index in [1.807, 2.05) is 0 Å². The highest BCUT2D eigenvalue weighted by atomic mass is 19.1. The monoisotopic (exact) mass is 249 g/mol. The van der Waals surface area contributed by atoms with Gasteiger partial charge in [-0.25, -0.2) is 13.2 Å². The van der Waals surface area contributed by atoms with Gasteiger partial charge in [-0.15, -0.1) is 0 Å². The molecule has 2 aromatic carbocycles. The largest absolute Gasteiger partial charge is 0.398 e. The Labute approximate surface area is 99.8 Å². The van der Waals surface area contributed by atoms with Crippen LogP contribution < -0.4 is 5.73 Å². The molecule has 0 saturated carbocycles. The molecule has 0 aliphatic heterocycles. The van der Waals surface area contributed by atoms with E-state index in [0.717, 1.165) is 18.2 Å². The number of rotatable bonds is 0. The first-order chi connectivity index (χ1) is 8.49. The van der Waals surface area contributed by atoms with Crippen molar-refractivity contribution in [3.63, 3.8) is 0 Å². The average molecular weight is 249 g/mol. The first kappa shape index (κ1) is 10.8. The fourth-order valence-corrected chi connectivity index (χ4v) is 2.24.